The van der Waals surface area contributed by atoms with E-state index in [4.69, 9.17) is 4.42 Å². The molecule has 3 N–H and O–H groups in total. The van der Waals surface area contributed by atoms with Crippen molar-refractivity contribution in [2.75, 3.05) is 32.1 Å². The third kappa shape index (κ3) is 5.72. The summed E-state index contributed by atoms with van der Waals surface area (Å²) in [5.41, 5.74) is 0.791. The summed E-state index contributed by atoms with van der Waals surface area (Å²) in [5, 5.41) is 17.3. The van der Waals surface area contributed by atoms with Gasteiger partial charge in [-0.3, -0.25) is 0 Å². The van der Waals surface area contributed by atoms with Crippen molar-refractivity contribution in [3.05, 3.63) is 47.0 Å². The van der Waals surface area contributed by atoms with E-state index in [1.807, 2.05) is 58.0 Å². The zero-order valence-electron chi connectivity index (χ0n) is 17.1. The van der Waals surface area contributed by atoms with Gasteiger partial charge in [0.05, 0.1) is 13.1 Å². The van der Waals surface area contributed by atoms with Crippen LogP contribution >= 0.6 is 0 Å². The van der Waals surface area contributed by atoms with Gasteiger partial charge in [-0.25, -0.2) is 9.98 Å². The maximum absolute atomic E-state index is 10.9. The number of nitrogens with one attached hydrogen (secondary N) is 2. The lowest BCUT2D eigenvalue weighted by molar-refractivity contribution is 0.0601. The number of guanidine groups is 1. The molecule has 0 aliphatic heterocycles. The van der Waals surface area contributed by atoms with Crippen molar-refractivity contribution in [1.29, 1.82) is 0 Å². The average molecular weight is 374 g/mol. The quantitative estimate of drug-likeness (QED) is 0.510. The van der Waals surface area contributed by atoms with Crippen molar-refractivity contribution in [3.8, 4) is 0 Å². The number of aliphatic hydroxyl groups is 1. The summed E-state index contributed by atoms with van der Waals surface area (Å²) in [6.07, 6.45) is 1.79. The molecular weight excluding hydrogens is 342 g/mol. The highest BCUT2D eigenvalue weighted by Gasteiger charge is 2.27. The van der Waals surface area contributed by atoms with Gasteiger partial charge in [0.25, 0.3) is 0 Å². The topological polar surface area (TPSA) is 85.9 Å². The first-order valence-electron chi connectivity index (χ1n) is 9.17. The highest BCUT2D eigenvalue weighted by molar-refractivity contribution is 5.79. The maximum Gasteiger partial charge on any atom is 0.191 e. The van der Waals surface area contributed by atoms with Crippen LogP contribution in [0.1, 0.15) is 36.5 Å². The number of pyridine rings is 1. The predicted octanol–water partition coefficient (Wildman–Crippen LogP) is 2.32. The molecule has 2 aromatic rings. The Morgan fingerprint density at radius 1 is 1.30 bits per heavy atom. The smallest absolute Gasteiger partial charge is 0.191 e. The van der Waals surface area contributed by atoms with Gasteiger partial charge in [-0.2, -0.15) is 0 Å². The summed E-state index contributed by atoms with van der Waals surface area (Å²) >= 11 is 0. The van der Waals surface area contributed by atoms with Gasteiger partial charge in [-0.1, -0.05) is 0 Å². The van der Waals surface area contributed by atoms with E-state index in [2.05, 4.69) is 20.6 Å². The van der Waals surface area contributed by atoms with Crippen LogP contribution < -0.4 is 15.5 Å². The molecule has 2 rings (SSSR count). The number of rotatable bonds is 7. The lowest BCUT2D eigenvalue weighted by atomic mass is 9.96. The van der Waals surface area contributed by atoms with E-state index >= 15 is 0 Å². The average Bonchev–Trinajstić information content (AvgIpc) is 2.97. The van der Waals surface area contributed by atoms with Crippen molar-refractivity contribution in [2.45, 2.75) is 39.8 Å². The Morgan fingerprint density at radius 3 is 2.63 bits per heavy atom. The van der Waals surface area contributed by atoms with Crippen molar-refractivity contribution >= 4 is 11.8 Å². The molecule has 1 unspecified atom stereocenters. The molecule has 0 fully saturated rings. The molecule has 27 heavy (non-hydrogen) atoms. The van der Waals surface area contributed by atoms with Crippen LogP contribution in [0.15, 0.2) is 33.8 Å². The molecule has 0 spiro atoms. The fraction of sp³-hybridized carbons (Fsp3) is 0.500. The molecule has 0 saturated heterocycles. The van der Waals surface area contributed by atoms with Crippen LogP contribution in [0.5, 0.6) is 0 Å². The van der Waals surface area contributed by atoms with Gasteiger partial charge in [0.1, 0.15) is 22.9 Å². The van der Waals surface area contributed by atoms with Crippen LogP contribution in [-0.2, 0) is 12.1 Å². The summed E-state index contributed by atoms with van der Waals surface area (Å²) in [6.45, 7) is 9.09. The zero-order valence-corrected chi connectivity index (χ0v) is 17.1. The number of hydrogen-bond acceptors (Lipinski definition) is 5. The van der Waals surface area contributed by atoms with E-state index < -0.39 is 5.60 Å². The second-order valence-corrected chi connectivity index (χ2v) is 7.07. The minimum Gasteiger partial charge on any atom is -0.466 e. The predicted molar refractivity (Wildman–Crippen MR) is 109 cm³/mol. The number of anilines is 1. The molecular formula is C20H31N5O2. The number of furan rings is 1. The van der Waals surface area contributed by atoms with Crippen LogP contribution in [0, 0.1) is 13.8 Å². The number of nitrogens with zero attached hydrogens (tertiary/aromatic N) is 3. The van der Waals surface area contributed by atoms with Crippen molar-refractivity contribution in [1.82, 2.24) is 15.6 Å². The monoisotopic (exact) mass is 373 g/mol. The molecule has 148 valence electrons. The van der Waals surface area contributed by atoms with Gasteiger partial charge in [-0.15, -0.1) is 0 Å². The van der Waals surface area contributed by atoms with Crippen LogP contribution in [-0.4, -0.2) is 43.2 Å². The van der Waals surface area contributed by atoms with Gasteiger partial charge < -0.3 is 25.1 Å². The third-order valence-corrected chi connectivity index (χ3v) is 4.25. The number of aliphatic imine (C=N–C) groups is 1. The Hall–Kier alpha value is -2.54. The van der Waals surface area contributed by atoms with Crippen LogP contribution in [0.2, 0.25) is 0 Å². The Bertz CT molecular complexity index is 780. The Labute approximate surface area is 161 Å². The molecule has 0 amide bonds. The molecule has 0 saturated carbocycles. The summed E-state index contributed by atoms with van der Waals surface area (Å²) in [5.74, 6) is 3.07. The molecule has 2 aromatic heterocycles. The number of aromatic nitrogens is 1. The van der Waals surface area contributed by atoms with E-state index in [-0.39, 0.29) is 0 Å². The van der Waals surface area contributed by atoms with E-state index in [1.165, 1.54) is 0 Å². The molecule has 0 aliphatic rings. The van der Waals surface area contributed by atoms with Gasteiger partial charge >= 0.3 is 0 Å². The summed E-state index contributed by atoms with van der Waals surface area (Å²) in [4.78, 5) is 10.9. The van der Waals surface area contributed by atoms with E-state index in [1.54, 1.807) is 13.1 Å². The molecule has 0 aromatic carbocycles. The lowest BCUT2D eigenvalue weighted by Crippen LogP contribution is -2.44. The first-order valence-corrected chi connectivity index (χ1v) is 9.17. The van der Waals surface area contributed by atoms with Crippen LogP contribution in [0.3, 0.4) is 0 Å². The standard InChI is InChI=1S/C20H31N5O2/c1-7-21-19(23-12-16-8-9-22-18(11-16)25(5)6)24-13-20(4,26)17-10-14(2)27-15(17)3/h8-11,26H,7,12-13H2,1-6H3,(H2,21,23,24). The molecule has 0 aliphatic carbocycles. The summed E-state index contributed by atoms with van der Waals surface area (Å²) in [6, 6.07) is 5.84. The van der Waals surface area contributed by atoms with Crippen molar-refractivity contribution in [2.24, 2.45) is 4.99 Å². The Balaban J connectivity index is 2.07. The maximum atomic E-state index is 10.9. The van der Waals surface area contributed by atoms with Crippen molar-refractivity contribution < 1.29 is 9.52 Å². The van der Waals surface area contributed by atoms with E-state index in [9.17, 15) is 5.11 Å². The largest absolute Gasteiger partial charge is 0.466 e. The molecule has 7 heteroatoms. The number of aryl methyl sites for hydroxylation is 2. The fourth-order valence-corrected chi connectivity index (χ4v) is 2.83. The SMILES string of the molecule is CCNC(=NCc1ccnc(N(C)C)c1)NCC(C)(O)c1cc(C)oc1C. The Morgan fingerprint density at radius 2 is 2.04 bits per heavy atom. The first-order chi connectivity index (χ1) is 12.7. The highest BCUT2D eigenvalue weighted by Crippen LogP contribution is 2.26. The van der Waals surface area contributed by atoms with Crippen LogP contribution in [0.25, 0.3) is 0 Å². The minimum atomic E-state index is -1.06. The first kappa shape index (κ1) is 20.8. The normalized spacial score (nSPS) is 14.0. The van der Waals surface area contributed by atoms with Crippen molar-refractivity contribution in [3.63, 3.8) is 0 Å². The fourth-order valence-electron chi connectivity index (χ4n) is 2.83. The second kappa shape index (κ2) is 8.90. The molecule has 2 heterocycles. The van der Waals surface area contributed by atoms with Crippen LogP contribution in [0.4, 0.5) is 5.82 Å². The Kier molecular flexibility index (Phi) is 6.85. The van der Waals surface area contributed by atoms with E-state index in [0.717, 1.165) is 35.0 Å². The number of hydrogen-bond donors (Lipinski definition) is 3. The molecule has 7 nitrogen and oxygen atoms in total. The lowest BCUT2D eigenvalue weighted by Gasteiger charge is -2.24. The van der Waals surface area contributed by atoms with Gasteiger partial charge in [0.2, 0.25) is 0 Å². The second-order valence-electron chi connectivity index (χ2n) is 7.07. The molecule has 0 radical (unpaired) electrons. The molecule has 0 bridgehead atoms. The third-order valence-electron chi connectivity index (χ3n) is 4.25. The molecule has 1 atom stereocenters. The van der Waals surface area contributed by atoms with Gasteiger partial charge in [0, 0.05) is 32.4 Å². The zero-order chi connectivity index (χ0) is 20.0. The van der Waals surface area contributed by atoms with Gasteiger partial charge in [-0.05, 0) is 51.5 Å². The van der Waals surface area contributed by atoms with E-state index in [0.29, 0.717) is 19.0 Å². The van der Waals surface area contributed by atoms with Gasteiger partial charge in [0.15, 0.2) is 5.96 Å². The minimum absolute atomic E-state index is 0.317. The summed E-state index contributed by atoms with van der Waals surface area (Å²) in [7, 11) is 3.92. The summed E-state index contributed by atoms with van der Waals surface area (Å²) < 4.78 is 5.55. The highest BCUT2D eigenvalue weighted by atomic mass is 16.3.